The zero-order valence-electron chi connectivity index (χ0n) is 24.8. The zero-order valence-corrected chi connectivity index (χ0v) is 24.8. The molecule has 0 nitrogen and oxygen atoms in total. The molecule has 0 spiro atoms. The molecule has 0 amide bonds. The minimum atomic E-state index is 0.714. The van der Waals surface area contributed by atoms with Gasteiger partial charge in [-0.3, -0.25) is 0 Å². The third-order valence-corrected chi connectivity index (χ3v) is 7.79. The average Bonchev–Trinajstić information content (AvgIpc) is 2.79. The van der Waals surface area contributed by atoms with Crippen LogP contribution in [0.5, 0.6) is 0 Å². The normalized spacial score (nSPS) is 12.8. The number of hydrogen-bond donors (Lipinski definition) is 0. The largest absolute Gasteiger partial charge is 0.0628 e. The topological polar surface area (TPSA) is 0 Å². The van der Waals surface area contributed by atoms with Crippen molar-refractivity contribution in [3.8, 4) is 0 Å². The molecule has 0 bridgehead atoms. The van der Waals surface area contributed by atoms with Crippen molar-refractivity contribution in [1.82, 2.24) is 0 Å². The van der Waals surface area contributed by atoms with Crippen LogP contribution in [0.15, 0.2) is 0 Å². The van der Waals surface area contributed by atoms with Crippen molar-refractivity contribution in [3.05, 3.63) is 6.92 Å². The number of rotatable bonds is 28. The van der Waals surface area contributed by atoms with Crippen molar-refractivity contribution in [2.24, 2.45) is 17.8 Å². The van der Waals surface area contributed by atoms with Crippen LogP contribution in [-0.4, -0.2) is 0 Å². The highest BCUT2D eigenvalue weighted by Crippen LogP contribution is 2.19. The molecule has 0 saturated heterocycles. The molecule has 205 valence electrons. The molecule has 34 heavy (non-hydrogen) atoms. The maximum absolute atomic E-state index is 4.43. The van der Waals surface area contributed by atoms with Gasteiger partial charge in [0, 0.05) is 0 Å². The Morgan fingerprint density at radius 3 is 0.676 bits per heavy atom. The minimum Gasteiger partial charge on any atom is -0.0628 e. The summed E-state index contributed by atoms with van der Waals surface area (Å²) in [6, 6.07) is 0. The molecule has 0 aromatic rings. The summed E-state index contributed by atoms with van der Waals surface area (Å²) in [6.07, 6.45) is 37.7. The summed E-state index contributed by atoms with van der Waals surface area (Å²) in [6.45, 7) is 13.8. The fourth-order valence-corrected chi connectivity index (χ4v) is 5.30. The van der Waals surface area contributed by atoms with Gasteiger partial charge in [-0.05, 0) is 17.8 Å². The quantitative estimate of drug-likeness (QED) is 0.0982. The van der Waals surface area contributed by atoms with Crippen LogP contribution in [0.1, 0.15) is 195 Å². The molecule has 0 saturated carbocycles. The first-order chi connectivity index (χ1) is 16.5. The molecule has 0 heteroatoms. The van der Waals surface area contributed by atoms with E-state index < -0.39 is 0 Å². The summed E-state index contributed by atoms with van der Waals surface area (Å²) in [7, 11) is 0. The van der Waals surface area contributed by atoms with Gasteiger partial charge in [-0.25, -0.2) is 0 Å². The predicted molar refractivity (Wildman–Crippen MR) is 159 cm³/mol. The van der Waals surface area contributed by atoms with E-state index in [-0.39, 0.29) is 0 Å². The Morgan fingerprint density at radius 1 is 0.294 bits per heavy atom. The fourth-order valence-electron chi connectivity index (χ4n) is 5.30. The first kappa shape index (κ1) is 34.0. The highest BCUT2D eigenvalue weighted by molar-refractivity contribution is 4.62. The van der Waals surface area contributed by atoms with Crippen LogP contribution in [0, 0.1) is 24.7 Å². The lowest BCUT2D eigenvalue weighted by molar-refractivity contribution is 0.458. The molecule has 0 fully saturated rings. The van der Waals surface area contributed by atoms with Crippen LogP contribution < -0.4 is 0 Å². The van der Waals surface area contributed by atoms with Gasteiger partial charge in [-0.1, -0.05) is 202 Å². The lowest BCUT2D eigenvalue weighted by atomic mass is 9.95. The van der Waals surface area contributed by atoms with Crippen molar-refractivity contribution in [3.63, 3.8) is 0 Å². The Kier molecular flexibility index (Phi) is 27.6. The molecule has 0 aromatic carbocycles. The lowest BCUT2D eigenvalue weighted by Crippen LogP contribution is -1.95. The number of hydrogen-bond acceptors (Lipinski definition) is 0. The minimum absolute atomic E-state index is 0.714. The van der Waals surface area contributed by atoms with E-state index in [9.17, 15) is 0 Å². The summed E-state index contributed by atoms with van der Waals surface area (Å²) in [4.78, 5) is 0. The van der Waals surface area contributed by atoms with E-state index in [1.807, 2.05) is 0 Å². The Morgan fingerprint density at radius 2 is 0.471 bits per heavy atom. The number of unbranched alkanes of at least 4 members (excludes halogenated alkanes) is 20. The molecule has 0 heterocycles. The van der Waals surface area contributed by atoms with Crippen LogP contribution in [0.25, 0.3) is 0 Å². The monoisotopic (exact) mass is 478 g/mol. The van der Waals surface area contributed by atoms with E-state index in [2.05, 4.69) is 34.6 Å². The van der Waals surface area contributed by atoms with Crippen molar-refractivity contribution in [1.29, 1.82) is 0 Å². The fraction of sp³-hybridized carbons (Fsp3) is 0.971. The standard InChI is InChI=1S/C34H69/c1-32(2)28-24-20-16-12-8-6-7-9-14-18-22-26-30-34(5)31-27-23-19-15-11-10-13-17-21-25-29-33(3)4/h32-34H,5-31H2,1-4H3. The van der Waals surface area contributed by atoms with Gasteiger partial charge >= 0.3 is 0 Å². The van der Waals surface area contributed by atoms with Crippen LogP contribution in [0.4, 0.5) is 0 Å². The molecular weight excluding hydrogens is 408 g/mol. The third kappa shape index (κ3) is 30.0. The van der Waals surface area contributed by atoms with Crippen molar-refractivity contribution in [2.75, 3.05) is 0 Å². The lowest BCUT2D eigenvalue weighted by Gasteiger charge is -2.11. The third-order valence-electron chi connectivity index (χ3n) is 7.79. The van der Waals surface area contributed by atoms with Crippen LogP contribution in [-0.2, 0) is 0 Å². The summed E-state index contributed by atoms with van der Waals surface area (Å²) in [5, 5.41) is 0. The highest BCUT2D eigenvalue weighted by Gasteiger charge is 2.03. The van der Waals surface area contributed by atoms with Crippen LogP contribution in [0.2, 0.25) is 0 Å². The van der Waals surface area contributed by atoms with Gasteiger partial charge in [-0.15, -0.1) is 0 Å². The van der Waals surface area contributed by atoms with Crippen LogP contribution in [0.3, 0.4) is 0 Å². The van der Waals surface area contributed by atoms with E-state index in [0.29, 0.717) is 5.92 Å². The first-order valence-corrected chi connectivity index (χ1v) is 16.4. The van der Waals surface area contributed by atoms with Crippen molar-refractivity contribution >= 4 is 0 Å². The maximum atomic E-state index is 4.43. The van der Waals surface area contributed by atoms with E-state index in [1.54, 1.807) is 0 Å². The molecule has 0 aliphatic rings. The van der Waals surface area contributed by atoms with Crippen molar-refractivity contribution < 1.29 is 0 Å². The van der Waals surface area contributed by atoms with Gasteiger partial charge in [-0.2, -0.15) is 0 Å². The van der Waals surface area contributed by atoms with Crippen molar-refractivity contribution in [2.45, 2.75) is 195 Å². The SMILES string of the molecule is [CH2]C(CCCCCCCCCCCCCCC(C)C)CCCCCCCCCCCCC(C)C. The molecule has 1 atom stereocenters. The summed E-state index contributed by atoms with van der Waals surface area (Å²) >= 11 is 0. The Balaban J connectivity index is 3.15. The molecule has 0 aromatic heterocycles. The van der Waals surface area contributed by atoms with Crippen LogP contribution >= 0.6 is 0 Å². The van der Waals surface area contributed by atoms with Gasteiger partial charge in [0.2, 0.25) is 0 Å². The Labute approximate surface area is 219 Å². The second kappa shape index (κ2) is 27.6. The van der Waals surface area contributed by atoms with Gasteiger partial charge < -0.3 is 0 Å². The summed E-state index contributed by atoms with van der Waals surface area (Å²) in [5.74, 6) is 2.50. The zero-order chi connectivity index (χ0) is 25.1. The van der Waals surface area contributed by atoms with Gasteiger partial charge in [0.1, 0.15) is 0 Å². The van der Waals surface area contributed by atoms with Gasteiger partial charge in [0.25, 0.3) is 0 Å². The molecule has 1 unspecified atom stereocenters. The predicted octanol–water partition coefficient (Wildman–Crippen LogP) is 12.9. The molecule has 0 rings (SSSR count). The summed E-state index contributed by atoms with van der Waals surface area (Å²) in [5.41, 5.74) is 0. The molecule has 1 radical (unpaired) electrons. The first-order valence-electron chi connectivity index (χ1n) is 16.4. The molecule has 0 aliphatic heterocycles. The summed E-state index contributed by atoms with van der Waals surface area (Å²) < 4.78 is 0. The second-order valence-corrected chi connectivity index (χ2v) is 12.6. The van der Waals surface area contributed by atoms with E-state index in [4.69, 9.17) is 0 Å². The maximum Gasteiger partial charge on any atom is -0.0414 e. The van der Waals surface area contributed by atoms with Gasteiger partial charge in [0.05, 0.1) is 0 Å². The van der Waals surface area contributed by atoms with E-state index in [0.717, 1.165) is 11.8 Å². The molecular formula is C34H69. The highest BCUT2D eigenvalue weighted by atomic mass is 14.1. The Hall–Kier alpha value is 0. The Bertz CT molecular complexity index is 355. The van der Waals surface area contributed by atoms with Gasteiger partial charge in [0.15, 0.2) is 0 Å². The van der Waals surface area contributed by atoms with E-state index >= 15 is 0 Å². The van der Waals surface area contributed by atoms with E-state index in [1.165, 1.54) is 167 Å². The molecule has 0 N–H and O–H groups in total. The smallest absolute Gasteiger partial charge is 0.0414 e. The molecule has 0 aliphatic carbocycles. The average molecular weight is 478 g/mol. The second-order valence-electron chi connectivity index (χ2n) is 12.6.